The highest BCUT2D eigenvalue weighted by Crippen LogP contribution is 2.19. The zero-order valence-corrected chi connectivity index (χ0v) is 7.51. The lowest BCUT2D eigenvalue weighted by Crippen LogP contribution is -2.38. The van der Waals surface area contributed by atoms with Gasteiger partial charge in [0.25, 0.3) is 0 Å². The van der Waals surface area contributed by atoms with Gasteiger partial charge in [-0.3, -0.25) is 10.2 Å². The third-order valence-electron chi connectivity index (χ3n) is 1.38. The summed E-state index contributed by atoms with van der Waals surface area (Å²) in [4.78, 5) is 0. The molecule has 0 saturated carbocycles. The molecule has 1 rings (SSSR count). The Balaban J connectivity index is 2.46. The third-order valence-corrected chi connectivity index (χ3v) is 2.12. The molecular weight excluding hydrogens is 176 g/mol. The zero-order valence-electron chi connectivity index (χ0n) is 6.69. The first-order valence-corrected chi connectivity index (χ1v) is 4.65. The van der Waals surface area contributed by atoms with Crippen LogP contribution in [0.5, 0.6) is 0 Å². The lowest BCUT2D eigenvalue weighted by Gasteiger charge is -2.19. The van der Waals surface area contributed by atoms with E-state index in [1.807, 2.05) is 12.3 Å². The van der Waals surface area contributed by atoms with Gasteiger partial charge >= 0.3 is 0 Å². The van der Waals surface area contributed by atoms with Gasteiger partial charge < -0.3 is 0 Å². The normalized spacial score (nSPS) is 16.2. The number of nitrogens with zero attached hydrogens (tertiary/aromatic N) is 3. The van der Waals surface area contributed by atoms with Crippen molar-refractivity contribution in [2.45, 2.75) is 6.42 Å². The molecule has 0 unspecified atom stereocenters. The molecule has 1 aliphatic heterocycles. The van der Waals surface area contributed by atoms with Crippen molar-refractivity contribution in [2.24, 2.45) is 0 Å². The van der Waals surface area contributed by atoms with Crippen LogP contribution < -0.4 is 5.53 Å². The summed E-state index contributed by atoms with van der Waals surface area (Å²) in [6, 6.07) is 2.04. The van der Waals surface area contributed by atoms with Crippen LogP contribution in [0.3, 0.4) is 0 Å². The Morgan fingerprint density at radius 2 is 2.58 bits per heavy atom. The van der Waals surface area contributed by atoms with Crippen molar-refractivity contribution in [2.75, 3.05) is 12.8 Å². The number of hydrogen-bond donors (Lipinski definition) is 2. The second kappa shape index (κ2) is 4.21. The second-order valence-electron chi connectivity index (χ2n) is 2.18. The molecule has 0 aromatic rings. The van der Waals surface area contributed by atoms with Crippen LogP contribution in [0.2, 0.25) is 0 Å². The molecule has 1 heterocycles. The number of hydrazine groups is 2. The predicted octanol–water partition coefficient (Wildman–Crippen LogP) is 0.488. The minimum Gasteiger partial charge on any atom is -0.280 e. The van der Waals surface area contributed by atoms with Crippen molar-refractivity contribution in [1.29, 1.82) is 5.26 Å². The number of hydrogen-bond acceptors (Lipinski definition) is 6. The molecule has 0 amide bonds. The van der Waals surface area contributed by atoms with Gasteiger partial charge in [0.15, 0.2) is 0 Å². The van der Waals surface area contributed by atoms with Crippen molar-refractivity contribution in [3.63, 3.8) is 0 Å². The summed E-state index contributed by atoms with van der Waals surface area (Å²) in [5.74, 6) is 0. The first-order chi connectivity index (χ1) is 5.77. The summed E-state index contributed by atoms with van der Waals surface area (Å²) in [6.07, 6.45) is 3.90. The van der Waals surface area contributed by atoms with Gasteiger partial charge in [-0.1, -0.05) is 0 Å². The topological polar surface area (TPSA) is 62.5 Å². The van der Waals surface area contributed by atoms with Crippen molar-refractivity contribution >= 4 is 11.8 Å². The largest absolute Gasteiger partial charge is 0.280 e. The number of nitriles is 1. The fourth-order valence-electron chi connectivity index (χ4n) is 0.861. The van der Waals surface area contributed by atoms with Gasteiger partial charge in [0, 0.05) is 6.54 Å². The average Bonchev–Trinajstić information content (AvgIpc) is 2.42. The van der Waals surface area contributed by atoms with E-state index < -0.39 is 0 Å². The van der Waals surface area contributed by atoms with Crippen molar-refractivity contribution in [3.05, 3.63) is 11.2 Å². The molecule has 0 radical (unpaired) electrons. The molecule has 12 heavy (non-hydrogen) atoms. The predicted molar refractivity (Wildman–Crippen MR) is 45.3 cm³/mol. The molecule has 0 aliphatic carbocycles. The summed E-state index contributed by atoms with van der Waals surface area (Å²) < 4.78 is 0. The minimum atomic E-state index is 0.429. The van der Waals surface area contributed by atoms with Crippen LogP contribution in [0.15, 0.2) is 11.2 Å². The molecule has 1 aliphatic rings. The van der Waals surface area contributed by atoms with E-state index in [4.69, 9.17) is 10.5 Å². The fourth-order valence-corrected chi connectivity index (χ4v) is 1.42. The SMILES string of the molecule is CSC1=CN(O)NN1CCC#N. The van der Waals surface area contributed by atoms with Gasteiger partial charge in [-0.05, 0) is 6.26 Å². The molecule has 2 N–H and O–H groups in total. The van der Waals surface area contributed by atoms with E-state index in [-0.39, 0.29) is 0 Å². The fraction of sp³-hybridized carbons (Fsp3) is 0.500. The van der Waals surface area contributed by atoms with E-state index in [0.717, 1.165) is 10.2 Å². The monoisotopic (exact) mass is 186 g/mol. The Bertz CT molecular complexity index is 224. The lowest BCUT2D eigenvalue weighted by molar-refractivity contribution is -0.119. The van der Waals surface area contributed by atoms with Gasteiger partial charge in [-0.25, -0.2) is 0 Å². The molecule has 0 bridgehead atoms. The van der Waals surface area contributed by atoms with E-state index in [0.29, 0.717) is 13.0 Å². The van der Waals surface area contributed by atoms with E-state index in [1.54, 1.807) is 11.2 Å². The Labute approximate surface area is 75.1 Å². The maximum Gasteiger partial charge on any atom is 0.107 e. The van der Waals surface area contributed by atoms with E-state index >= 15 is 0 Å². The van der Waals surface area contributed by atoms with Crippen LogP contribution in [-0.4, -0.2) is 28.2 Å². The highest BCUT2D eigenvalue weighted by atomic mass is 32.2. The molecule has 0 fully saturated rings. The molecule has 0 aromatic heterocycles. The minimum absolute atomic E-state index is 0.429. The van der Waals surface area contributed by atoms with Crippen LogP contribution >= 0.6 is 11.8 Å². The van der Waals surface area contributed by atoms with E-state index in [9.17, 15) is 0 Å². The average molecular weight is 186 g/mol. The van der Waals surface area contributed by atoms with Gasteiger partial charge in [0.2, 0.25) is 0 Å². The molecule has 5 nitrogen and oxygen atoms in total. The van der Waals surface area contributed by atoms with Crippen LogP contribution in [0.4, 0.5) is 0 Å². The summed E-state index contributed by atoms with van der Waals surface area (Å²) in [6.45, 7) is 0.570. The summed E-state index contributed by atoms with van der Waals surface area (Å²) >= 11 is 1.51. The Morgan fingerprint density at radius 1 is 1.83 bits per heavy atom. The number of thioether (sulfide) groups is 1. The van der Waals surface area contributed by atoms with Crippen LogP contribution in [0.1, 0.15) is 6.42 Å². The highest BCUT2D eigenvalue weighted by molar-refractivity contribution is 8.02. The Hall–Kier alpha value is -0.900. The number of hydroxylamine groups is 1. The summed E-state index contributed by atoms with van der Waals surface area (Å²) in [7, 11) is 0. The molecule has 6 heteroatoms. The smallest absolute Gasteiger partial charge is 0.107 e. The van der Waals surface area contributed by atoms with Crippen LogP contribution in [0, 0.1) is 11.3 Å². The van der Waals surface area contributed by atoms with Gasteiger partial charge in [0.05, 0.1) is 18.7 Å². The summed E-state index contributed by atoms with van der Waals surface area (Å²) in [5, 5.41) is 20.8. The first kappa shape index (κ1) is 9.19. The Kier molecular flexibility index (Phi) is 3.22. The summed E-state index contributed by atoms with van der Waals surface area (Å²) in [5.41, 5.74) is 2.65. The third kappa shape index (κ3) is 2.04. The molecule has 0 spiro atoms. The number of nitrogens with one attached hydrogen (secondary N) is 1. The standard InChI is InChI=1S/C6H10N4OS/c1-12-6-5-10(11)8-9(6)4-2-3-7/h5,8,11H,2,4H2,1H3. The van der Waals surface area contributed by atoms with Gasteiger partial charge in [-0.15, -0.1) is 17.3 Å². The van der Waals surface area contributed by atoms with Crippen LogP contribution in [0.25, 0.3) is 0 Å². The quantitative estimate of drug-likeness (QED) is 0.668. The molecule has 0 atom stereocenters. The highest BCUT2D eigenvalue weighted by Gasteiger charge is 2.17. The first-order valence-electron chi connectivity index (χ1n) is 3.42. The van der Waals surface area contributed by atoms with Gasteiger partial charge in [0.1, 0.15) is 5.03 Å². The molecule has 0 aromatic carbocycles. The maximum atomic E-state index is 9.01. The molecule has 0 saturated heterocycles. The number of rotatable bonds is 3. The van der Waals surface area contributed by atoms with E-state index in [2.05, 4.69) is 5.53 Å². The van der Waals surface area contributed by atoms with Crippen molar-refractivity contribution in [3.8, 4) is 6.07 Å². The van der Waals surface area contributed by atoms with Crippen LogP contribution in [-0.2, 0) is 0 Å². The lowest BCUT2D eigenvalue weighted by atomic mass is 10.5. The van der Waals surface area contributed by atoms with E-state index in [1.165, 1.54) is 11.8 Å². The van der Waals surface area contributed by atoms with Crippen molar-refractivity contribution in [1.82, 2.24) is 15.7 Å². The van der Waals surface area contributed by atoms with Gasteiger partial charge in [-0.2, -0.15) is 10.4 Å². The second-order valence-corrected chi connectivity index (χ2v) is 3.00. The molecule has 66 valence electrons. The molecular formula is C6H10N4OS. The van der Waals surface area contributed by atoms with Crippen molar-refractivity contribution < 1.29 is 5.21 Å². The maximum absolute atomic E-state index is 9.01. The Morgan fingerprint density at radius 3 is 3.17 bits per heavy atom. The zero-order chi connectivity index (χ0) is 8.97.